The first kappa shape index (κ1) is 59.1. The molecule has 4 aromatic carbocycles. The number of carbonyl (C=O) groups excluding carboxylic acids is 2. The molecule has 1 spiro atoms. The van der Waals surface area contributed by atoms with E-state index in [-0.39, 0.29) is 91.2 Å². The maximum Gasteiger partial charge on any atom is 0.165 e. The van der Waals surface area contributed by atoms with E-state index >= 15 is 0 Å². The molecule has 3 fully saturated rings. The van der Waals surface area contributed by atoms with Crippen molar-refractivity contribution < 1.29 is 45.0 Å². The Morgan fingerprint density at radius 3 is 2.43 bits per heavy atom. The number of nitrogens with one attached hydrogen (secondary N) is 1. The van der Waals surface area contributed by atoms with Gasteiger partial charge in [0.25, 0.3) is 0 Å². The lowest BCUT2D eigenvalue weighted by Gasteiger charge is -2.44. The molecule has 1 saturated heterocycles. The van der Waals surface area contributed by atoms with Crippen LogP contribution >= 0.6 is 43.2 Å². The Kier molecular flexibility index (Phi) is 18.4. The highest BCUT2D eigenvalue weighted by Gasteiger charge is 2.54. The van der Waals surface area contributed by atoms with Gasteiger partial charge in [-0.05, 0) is 168 Å². The molecule has 10 atom stereocenters. The van der Waals surface area contributed by atoms with E-state index < -0.39 is 28.7 Å². The minimum atomic E-state index is -1.24. The molecule has 10 unspecified atom stereocenters. The molecule has 11 N–H and O–H groups in total. The monoisotopic (exact) mass is 1180 g/mol. The topological polar surface area (TPSA) is 233 Å². The third-order valence-electron chi connectivity index (χ3n) is 19.2. The number of hydrogen-bond donors (Lipinski definition) is 9. The van der Waals surface area contributed by atoms with Crippen molar-refractivity contribution in [3.8, 4) is 29.1 Å². The van der Waals surface area contributed by atoms with Crippen LogP contribution in [0.5, 0.6) is 17.2 Å². The minimum absolute atomic E-state index is 0.0204. The fourth-order valence-electron chi connectivity index (χ4n) is 14.9. The van der Waals surface area contributed by atoms with Crippen LogP contribution in [-0.4, -0.2) is 95.5 Å². The first-order chi connectivity index (χ1) is 39.6. The van der Waals surface area contributed by atoms with Crippen LogP contribution in [0, 0.1) is 46.8 Å². The van der Waals surface area contributed by atoms with E-state index in [1.54, 1.807) is 79.7 Å². The number of hydrogen-bond acceptors (Lipinski definition) is 15. The van der Waals surface area contributed by atoms with Gasteiger partial charge in [-0.15, -0.1) is 0 Å². The average Bonchev–Trinajstić information content (AvgIpc) is 4.06. The van der Waals surface area contributed by atoms with E-state index in [2.05, 4.69) is 53.2 Å². The number of ether oxygens (including phenoxy) is 1. The third-order valence-corrected chi connectivity index (χ3v) is 24.2. The Labute approximate surface area is 497 Å². The molecule has 13 bridgehead atoms. The zero-order valence-corrected chi connectivity index (χ0v) is 49.7. The van der Waals surface area contributed by atoms with Gasteiger partial charge in [0.2, 0.25) is 0 Å². The molecule has 4 aliphatic carbocycles. The smallest absolute Gasteiger partial charge is 0.165 e. The van der Waals surface area contributed by atoms with Crippen LogP contribution < -0.4 is 16.2 Å². The quantitative estimate of drug-likeness (QED) is 0.0465. The Hall–Kier alpha value is -4.64. The summed E-state index contributed by atoms with van der Waals surface area (Å²) in [6.07, 6.45) is 12.2. The Bertz CT molecular complexity index is 3250. The summed E-state index contributed by atoms with van der Waals surface area (Å²) in [7, 11) is 6.86. The van der Waals surface area contributed by atoms with Crippen molar-refractivity contribution in [2.24, 2.45) is 46.5 Å². The predicted octanol–water partition coefficient (Wildman–Crippen LogP) is 10.6. The van der Waals surface area contributed by atoms with Crippen LogP contribution in [0.1, 0.15) is 148 Å². The molecule has 12 nitrogen and oxygen atoms in total. The molecule has 3 heterocycles. The fourth-order valence-corrected chi connectivity index (χ4v) is 20.4. The zero-order valence-electron chi connectivity index (χ0n) is 46.4. The van der Waals surface area contributed by atoms with Crippen molar-refractivity contribution in [1.29, 1.82) is 0 Å². The van der Waals surface area contributed by atoms with E-state index in [4.69, 9.17) is 16.2 Å². The first-order valence-electron chi connectivity index (χ1n) is 29.2. The summed E-state index contributed by atoms with van der Waals surface area (Å²) in [6, 6.07) is 25.0. The number of phenols is 2. The molecule has 0 amide bonds. The zero-order chi connectivity index (χ0) is 57.2. The van der Waals surface area contributed by atoms with Crippen molar-refractivity contribution in [2.45, 2.75) is 125 Å². The SMILES string of the molecule is NC(N)c1cc2c3cc1CSSCC1CC4(C=CC(=O)CCc5ccc(O)c(c5)OCCc5ccc(O)c(c5)C3CC(=O)c3cc[nH]c3CC#C2)CCC2CC(O)(CO)CCCC3C2Cc2ccccc2C(CO)C3CSSCC1(O)C4. The van der Waals surface area contributed by atoms with Crippen molar-refractivity contribution in [3.63, 3.8) is 0 Å². The summed E-state index contributed by atoms with van der Waals surface area (Å²) >= 11 is 0. The van der Waals surface area contributed by atoms with Crippen LogP contribution in [0.3, 0.4) is 0 Å². The number of rotatable bonds is 3. The van der Waals surface area contributed by atoms with Crippen molar-refractivity contribution in [3.05, 3.63) is 159 Å². The summed E-state index contributed by atoms with van der Waals surface area (Å²) in [5.74, 6) is 9.10. The number of aliphatic hydroxyl groups is 4. The third kappa shape index (κ3) is 12.8. The largest absolute Gasteiger partial charge is 0.508 e. The average molecular weight is 1180 g/mol. The molecule has 2 aliphatic heterocycles. The Morgan fingerprint density at radius 2 is 1.60 bits per heavy atom. The van der Waals surface area contributed by atoms with Gasteiger partial charge in [-0.3, -0.25) is 9.59 Å². The van der Waals surface area contributed by atoms with Gasteiger partial charge >= 0.3 is 0 Å². The van der Waals surface area contributed by atoms with E-state index in [1.807, 2.05) is 24.3 Å². The molecule has 6 aliphatic rings. The standard InChI is InChI=1S/C66H77N3O9S4/c67-63(68)53-28-43-6-3-9-58-50(18-23-69-58)61(75)30-54-51(43)29-45(53)34-79-80-35-46-32-64(22-17-47(72)13-10-40-12-15-60(74)62(26-40)78-24-19-41-11-14-59(73)55(54)25-41)21-16-44-31-65(76,38-71)20-4-8-49-52(44)27-42-5-1-2-7-48(42)56(33-70)57(49)36-81-82-39-66(46,77)37-64/h1-2,5,7,11-12,14-15,17-18,22-23,25-26,28-29,44,46,49,52,54,56-57,63,69-71,73-74,76-77H,4,8-10,13,16,19-21,24,27,30-39,67-68H2. The second kappa shape index (κ2) is 25.5. The molecular weight excluding hydrogens is 1110 g/mol. The lowest BCUT2D eigenvalue weighted by molar-refractivity contribution is -0.114. The highest BCUT2D eigenvalue weighted by molar-refractivity contribution is 8.77. The number of ketones is 2. The van der Waals surface area contributed by atoms with Crippen LogP contribution in [0.4, 0.5) is 0 Å². The van der Waals surface area contributed by atoms with Gasteiger partial charge in [-0.1, -0.05) is 116 Å². The number of aryl methyl sites for hydroxylation is 1. The molecule has 2 saturated carbocycles. The molecule has 434 valence electrons. The summed E-state index contributed by atoms with van der Waals surface area (Å²) in [5, 5.41) is 70.4. The number of benzene rings is 4. The van der Waals surface area contributed by atoms with Crippen molar-refractivity contribution in [1.82, 2.24) is 4.98 Å². The Morgan fingerprint density at radius 1 is 0.780 bits per heavy atom. The van der Waals surface area contributed by atoms with Crippen LogP contribution in [0.2, 0.25) is 0 Å². The van der Waals surface area contributed by atoms with E-state index in [0.717, 1.165) is 64.9 Å². The van der Waals surface area contributed by atoms with Gasteiger partial charge < -0.3 is 51.8 Å². The number of aromatic nitrogens is 1. The van der Waals surface area contributed by atoms with E-state index in [9.17, 15) is 40.2 Å². The molecule has 1 aromatic heterocycles. The normalized spacial score (nSPS) is 30.1. The number of phenolic OH excluding ortho intramolecular Hbond substituents is 2. The molecule has 0 radical (unpaired) electrons. The number of Topliss-reactive ketones (excluding diaryl/α,β-unsaturated/α-hetero) is 1. The molecule has 16 heteroatoms. The molecule has 5 aromatic rings. The van der Waals surface area contributed by atoms with Crippen LogP contribution in [0.25, 0.3) is 0 Å². The fraction of sp³-hybridized carbons (Fsp3) is 0.485. The maximum atomic E-state index is 14.4. The van der Waals surface area contributed by atoms with E-state index in [1.165, 1.54) is 11.1 Å². The summed E-state index contributed by atoms with van der Waals surface area (Å²) < 4.78 is 6.24. The second-order valence-electron chi connectivity index (χ2n) is 24.4. The number of allylic oxidation sites excluding steroid dienone is 2. The number of aromatic hydroxyl groups is 2. The molecule has 82 heavy (non-hydrogen) atoms. The number of aliphatic hydroxyl groups excluding tert-OH is 2. The summed E-state index contributed by atoms with van der Waals surface area (Å²) in [5.41, 5.74) is 19.4. The highest BCUT2D eigenvalue weighted by atomic mass is 33.1. The lowest BCUT2D eigenvalue weighted by Crippen LogP contribution is -2.43. The number of carbonyl (C=O) groups is 2. The predicted molar refractivity (Wildman–Crippen MR) is 330 cm³/mol. The second-order valence-corrected chi connectivity index (χ2v) is 29.4. The van der Waals surface area contributed by atoms with Gasteiger partial charge in [0.15, 0.2) is 23.1 Å². The van der Waals surface area contributed by atoms with Gasteiger partial charge in [-0.25, -0.2) is 0 Å². The molecular formula is C66H77N3O9S4. The van der Waals surface area contributed by atoms with Crippen molar-refractivity contribution in [2.75, 3.05) is 37.1 Å². The van der Waals surface area contributed by atoms with Gasteiger partial charge in [0, 0.05) is 82.7 Å². The van der Waals surface area contributed by atoms with Crippen molar-refractivity contribution >= 4 is 54.7 Å². The first-order valence-corrected chi connectivity index (χ1v) is 34.2. The highest BCUT2D eigenvalue weighted by Crippen LogP contribution is 2.59. The summed E-state index contributed by atoms with van der Waals surface area (Å²) in [4.78, 5) is 31.9. The van der Waals surface area contributed by atoms with Gasteiger partial charge in [0.05, 0.1) is 43.6 Å². The molecule has 11 rings (SSSR count). The number of H-pyrrole nitrogens is 1. The maximum absolute atomic E-state index is 14.4. The lowest BCUT2D eigenvalue weighted by atomic mass is 9.63. The Balaban J connectivity index is 0.973. The van der Waals surface area contributed by atoms with Crippen LogP contribution in [0.15, 0.2) is 97.2 Å². The van der Waals surface area contributed by atoms with Gasteiger partial charge in [-0.2, -0.15) is 0 Å². The number of nitrogens with two attached hydrogens (primary N) is 2. The number of fused-ring (bicyclic) bond motifs is 11. The minimum Gasteiger partial charge on any atom is -0.508 e. The van der Waals surface area contributed by atoms with E-state index in [0.29, 0.717) is 91.1 Å². The van der Waals surface area contributed by atoms with Crippen LogP contribution in [-0.2, 0) is 36.2 Å². The number of aromatic amines is 1. The van der Waals surface area contributed by atoms with Gasteiger partial charge in [0.1, 0.15) is 5.75 Å². The summed E-state index contributed by atoms with van der Waals surface area (Å²) in [6.45, 7) is -0.0810.